The van der Waals surface area contributed by atoms with Gasteiger partial charge in [-0.2, -0.15) is 0 Å². The number of methoxy groups -OCH3 is 2. The SMILES string of the molecule is COC(=O)Cc1cccc(-c2cc3cc([C@@H](C)O)ccc3cn2)c1.COC(=O)Cc1cccc(B2OC(C)(C)C(C)(C)O2)c1.C[C@@H](O)c1ccc2cnc(Cl)cc2c1. The number of carbonyl (C=O) groups excluding carboxylic acids is 2. The highest BCUT2D eigenvalue weighted by molar-refractivity contribution is 6.62. The number of halogens is 1. The highest BCUT2D eigenvalue weighted by Crippen LogP contribution is 2.36. The Morgan fingerprint density at radius 3 is 1.71 bits per heavy atom. The van der Waals surface area contributed by atoms with E-state index in [0.717, 1.165) is 60.5 Å². The molecular formula is C46H50BClN2O8. The van der Waals surface area contributed by atoms with Crippen LogP contribution in [0.3, 0.4) is 0 Å². The van der Waals surface area contributed by atoms with Crippen LogP contribution in [0.2, 0.25) is 5.15 Å². The van der Waals surface area contributed by atoms with Crippen molar-refractivity contribution in [2.75, 3.05) is 14.2 Å². The van der Waals surface area contributed by atoms with Crippen molar-refractivity contribution in [1.82, 2.24) is 9.97 Å². The van der Waals surface area contributed by atoms with E-state index >= 15 is 0 Å². The summed E-state index contributed by atoms with van der Waals surface area (Å²) >= 11 is 5.78. The van der Waals surface area contributed by atoms with Gasteiger partial charge in [0.2, 0.25) is 0 Å². The van der Waals surface area contributed by atoms with E-state index in [1.54, 1.807) is 26.1 Å². The molecule has 4 aromatic carbocycles. The van der Waals surface area contributed by atoms with Crippen molar-refractivity contribution in [2.24, 2.45) is 0 Å². The fourth-order valence-electron chi connectivity index (χ4n) is 6.12. The van der Waals surface area contributed by atoms with Crippen LogP contribution >= 0.6 is 11.6 Å². The van der Waals surface area contributed by atoms with Crippen LogP contribution < -0.4 is 5.46 Å². The van der Waals surface area contributed by atoms with Gasteiger partial charge in [-0.3, -0.25) is 14.6 Å². The summed E-state index contributed by atoms with van der Waals surface area (Å²) in [5, 5.41) is 23.7. The predicted molar refractivity (Wildman–Crippen MR) is 229 cm³/mol. The summed E-state index contributed by atoms with van der Waals surface area (Å²) < 4.78 is 21.4. The zero-order valence-corrected chi connectivity index (χ0v) is 34.9. The number of aliphatic hydroxyl groups excluding tert-OH is 2. The van der Waals surface area contributed by atoms with Crippen molar-refractivity contribution in [3.8, 4) is 11.3 Å². The Bertz CT molecular complexity index is 2370. The van der Waals surface area contributed by atoms with Crippen molar-refractivity contribution in [3.05, 3.63) is 137 Å². The first kappa shape index (κ1) is 43.9. The number of carbonyl (C=O) groups is 2. The molecule has 2 aromatic heterocycles. The van der Waals surface area contributed by atoms with Gasteiger partial charge in [0.25, 0.3) is 0 Å². The predicted octanol–water partition coefficient (Wildman–Crippen LogP) is 8.31. The van der Waals surface area contributed by atoms with Gasteiger partial charge in [-0.05, 0) is 110 Å². The minimum atomic E-state index is -0.505. The number of nitrogens with zero attached hydrogens (tertiary/aromatic N) is 2. The molecule has 0 spiro atoms. The quantitative estimate of drug-likeness (QED) is 0.0878. The molecule has 3 heterocycles. The molecule has 12 heteroatoms. The van der Waals surface area contributed by atoms with E-state index < -0.39 is 19.3 Å². The minimum absolute atomic E-state index is 0.240. The molecule has 10 nitrogen and oxygen atoms in total. The van der Waals surface area contributed by atoms with Gasteiger partial charge in [0.15, 0.2) is 0 Å². The Kier molecular flexibility index (Phi) is 14.4. The van der Waals surface area contributed by atoms with Gasteiger partial charge in [0.05, 0.1) is 56.2 Å². The Balaban J connectivity index is 0.000000171. The number of rotatable bonds is 8. The van der Waals surface area contributed by atoms with Crippen LogP contribution in [0.25, 0.3) is 32.8 Å². The zero-order valence-electron chi connectivity index (χ0n) is 34.2. The Hall–Kier alpha value is -5.17. The number of hydrogen-bond acceptors (Lipinski definition) is 10. The van der Waals surface area contributed by atoms with Crippen LogP contribution in [0.15, 0.2) is 109 Å². The lowest BCUT2D eigenvalue weighted by Gasteiger charge is -2.32. The van der Waals surface area contributed by atoms with Gasteiger partial charge in [-0.25, -0.2) is 4.98 Å². The van der Waals surface area contributed by atoms with Crippen molar-refractivity contribution in [2.45, 2.75) is 77.8 Å². The Morgan fingerprint density at radius 1 is 0.672 bits per heavy atom. The molecule has 7 rings (SSSR count). The van der Waals surface area contributed by atoms with E-state index in [1.807, 2.05) is 125 Å². The maximum Gasteiger partial charge on any atom is 0.494 e. The molecule has 58 heavy (non-hydrogen) atoms. The first-order chi connectivity index (χ1) is 27.5. The maximum atomic E-state index is 11.4. The normalized spacial score (nSPS) is 15.1. The third-order valence-electron chi connectivity index (χ3n) is 10.3. The molecule has 6 aromatic rings. The van der Waals surface area contributed by atoms with Crippen molar-refractivity contribution in [3.63, 3.8) is 0 Å². The number of esters is 2. The topological polar surface area (TPSA) is 137 Å². The Morgan fingerprint density at radius 2 is 1.17 bits per heavy atom. The second-order valence-corrected chi connectivity index (χ2v) is 15.6. The first-order valence-electron chi connectivity index (χ1n) is 19.0. The lowest BCUT2D eigenvalue weighted by atomic mass is 9.78. The van der Waals surface area contributed by atoms with Gasteiger partial charge >= 0.3 is 19.1 Å². The summed E-state index contributed by atoms with van der Waals surface area (Å²) in [6.07, 6.45) is 3.08. The average Bonchev–Trinajstić information content (AvgIpc) is 3.43. The lowest BCUT2D eigenvalue weighted by Crippen LogP contribution is -2.41. The third-order valence-corrected chi connectivity index (χ3v) is 10.5. The fraction of sp³-hybridized carbons (Fsp3) is 0.304. The average molecular weight is 805 g/mol. The van der Waals surface area contributed by atoms with E-state index in [9.17, 15) is 19.8 Å². The zero-order chi connectivity index (χ0) is 42.2. The van der Waals surface area contributed by atoms with Crippen LogP contribution in [0, 0.1) is 0 Å². The van der Waals surface area contributed by atoms with Crippen molar-refractivity contribution >= 4 is 57.7 Å². The second-order valence-electron chi connectivity index (χ2n) is 15.2. The first-order valence-corrected chi connectivity index (χ1v) is 19.3. The molecule has 0 amide bonds. The number of benzene rings is 4. The van der Waals surface area contributed by atoms with Gasteiger partial charge in [-0.15, -0.1) is 0 Å². The number of hydrogen-bond donors (Lipinski definition) is 2. The monoisotopic (exact) mass is 804 g/mol. The molecule has 0 radical (unpaired) electrons. The maximum absolute atomic E-state index is 11.4. The number of aliphatic hydroxyl groups is 2. The summed E-state index contributed by atoms with van der Waals surface area (Å²) in [5.74, 6) is -0.517. The molecule has 1 saturated heterocycles. The van der Waals surface area contributed by atoms with E-state index in [2.05, 4.69) is 14.7 Å². The summed E-state index contributed by atoms with van der Waals surface area (Å²) in [6, 6.07) is 30.8. The molecule has 0 aliphatic carbocycles. The number of ether oxygens (including phenoxy) is 2. The third kappa shape index (κ3) is 11.3. The van der Waals surface area contributed by atoms with Crippen LogP contribution in [0.4, 0.5) is 0 Å². The van der Waals surface area contributed by atoms with Crippen molar-refractivity contribution < 1.29 is 38.6 Å². The van der Waals surface area contributed by atoms with Gasteiger partial charge in [0, 0.05) is 28.7 Å². The van der Waals surface area contributed by atoms with E-state index in [0.29, 0.717) is 5.15 Å². The van der Waals surface area contributed by atoms with Crippen LogP contribution in [0.1, 0.15) is 76.0 Å². The molecule has 1 aliphatic heterocycles. The molecule has 1 fully saturated rings. The van der Waals surface area contributed by atoms with Crippen LogP contribution in [-0.2, 0) is 41.2 Å². The van der Waals surface area contributed by atoms with Crippen LogP contribution in [0.5, 0.6) is 0 Å². The Labute approximate surface area is 345 Å². The lowest BCUT2D eigenvalue weighted by molar-refractivity contribution is -0.140. The van der Waals surface area contributed by atoms with E-state index in [-0.39, 0.29) is 36.0 Å². The fourth-order valence-corrected chi connectivity index (χ4v) is 6.28. The number of pyridine rings is 2. The molecule has 2 atom stereocenters. The standard InChI is InChI=1S/C20H19NO3.C15H21BO4.C11H10ClNO/c1-13(22)15-6-7-17-12-21-19(11-18(17)10-15)16-5-3-4-14(8-16)9-20(23)24-2;1-14(2)15(3,4)20-16(19-14)12-8-6-7-11(9-12)10-13(17)18-5;1-7(14)8-2-3-9-6-13-11(12)5-10(9)4-8/h3-8,10-13,22H,9H2,1-2H3;6-9H,10H2,1-5H3;2-7,14H,1H3/t13-;;7-/m1.1/s1. The summed E-state index contributed by atoms with van der Waals surface area (Å²) in [7, 11) is 2.37. The van der Waals surface area contributed by atoms with Gasteiger partial charge in [-0.1, -0.05) is 78.3 Å². The highest BCUT2D eigenvalue weighted by atomic mass is 35.5. The molecule has 2 N–H and O–H groups in total. The molecule has 0 bridgehead atoms. The molecule has 0 saturated carbocycles. The molecule has 1 aliphatic rings. The molecule has 0 unspecified atom stereocenters. The van der Waals surface area contributed by atoms with Crippen LogP contribution in [-0.4, -0.2) is 64.7 Å². The number of aromatic nitrogens is 2. The van der Waals surface area contributed by atoms with Crippen molar-refractivity contribution in [1.29, 1.82) is 0 Å². The second kappa shape index (κ2) is 19.1. The van der Waals surface area contributed by atoms with Gasteiger partial charge in [0.1, 0.15) is 5.15 Å². The summed E-state index contributed by atoms with van der Waals surface area (Å²) in [6.45, 7) is 11.6. The highest BCUT2D eigenvalue weighted by Gasteiger charge is 2.51. The number of fused-ring (bicyclic) bond motifs is 2. The van der Waals surface area contributed by atoms with Gasteiger partial charge < -0.3 is 29.0 Å². The smallest absolute Gasteiger partial charge is 0.469 e. The summed E-state index contributed by atoms with van der Waals surface area (Å²) in [4.78, 5) is 31.3. The minimum Gasteiger partial charge on any atom is -0.469 e. The largest absolute Gasteiger partial charge is 0.494 e. The van der Waals surface area contributed by atoms with E-state index in [4.69, 9.17) is 25.6 Å². The summed E-state index contributed by atoms with van der Waals surface area (Å²) in [5.41, 5.74) is 5.51. The van der Waals surface area contributed by atoms with E-state index in [1.165, 1.54) is 14.2 Å². The molecule has 302 valence electrons. The molecular weight excluding hydrogens is 755 g/mol.